The third-order valence-electron chi connectivity index (χ3n) is 2.89. The average molecular weight is 302 g/mol. The molecule has 0 aromatic heterocycles. The van der Waals surface area contributed by atoms with Crippen LogP contribution in [0.5, 0.6) is 5.75 Å². The molecule has 2 aromatic carbocycles. The summed E-state index contributed by atoms with van der Waals surface area (Å²) in [6.45, 7) is 0. The quantitative estimate of drug-likeness (QED) is 0.935. The molecule has 2 N–H and O–H groups in total. The fourth-order valence-corrected chi connectivity index (χ4v) is 2.11. The average Bonchev–Trinajstić information content (AvgIpc) is 2.37. The molecule has 0 radical (unpaired) electrons. The molecule has 0 saturated heterocycles. The lowest BCUT2D eigenvalue weighted by molar-refractivity contribution is 0.406. The van der Waals surface area contributed by atoms with E-state index in [9.17, 15) is 13.2 Å². The summed E-state index contributed by atoms with van der Waals surface area (Å²) < 4.78 is 45.5. The molecule has 0 heterocycles. The summed E-state index contributed by atoms with van der Waals surface area (Å²) in [6, 6.07) is 4.55. The second-order valence-corrected chi connectivity index (χ2v) is 4.58. The van der Waals surface area contributed by atoms with Gasteiger partial charge < -0.3 is 10.5 Å². The third-order valence-corrected chi connectivity index (χ3v) is 3.12. The first-order chi connectivity index (χ1) is 9.43. The number of hydrogen-bond acceptors (Lipinski definition) is 2. The van der Waals surface area contributed by atoms with Crippen LogP contribution in [0.4, 0.5) is 13.2 Å². The lowest BCUT2D eigenvalue weighted by Crippen LogP contribution is -2.17. The van der Waals surface area contributed by atoms with Crippen LogP contribution in [0.25, 0.3) is 0 Å². The van der Waals surface area contributed by atoms with Gasteiger partial charge in [-0.1, -0.05) is 17.7 Å². The van der Waals surface area contributed by atoms with Crippen LogP contribution in [0.1, 0.15) is 17.2 Å². The van der Waals surface area contributed by atoms with E-state index in [2.05, 4.69) is 0 Å². The molecule has 2 nitrogen and oxygen atoms in total. The third kappa shape index (κ3) is 2.73. The number of hydrogen-bond donors (Lipinski definition) is 1. The van der Waals surface area contributed by atoms with Crippen LogP contribution in [0.2, 0.25) is 5.02 Å². The molecule has 6 heteroatoms. The molecule has 0 aliphatic rings. The van der Waals surface area contributed by atoms with E-state index >= 15 is 0 Å². The minimum atomic E-state index is -1.14. The van der Waals surface area contributed by atoms with E-state index in [1.54, 1.807) is 0 Å². The molecule has 1 unspecified atom stereocenters. The first-order valence-corrected chi connectivity index (χ1v) is 6.05. The predicted octanol–water partition coefficient (Wildman–Crippen LogP) is 3.81. The fourth-order valence-electron chi connectivity index (χ4n) is 1.95. The van der Waals surface area contributed by atoms with E-state index < -0.39 is 29.1 Å². The van der Waals surface area contributed by atoms with Crippen LogP contribution in [-0.2, 0) is 0 Å². The summed E-state index contributed by atoms with van der Waals surface area (Å²) in [5, 5.41) is 0.401. The van der Waals surface area contributed by atoms with Gasteiger partial charge in [0.15, 0.2) is 0 Å². The van der Waals surface area contributed by atoms with Crippen molar-refractivity contribution in [1.29, 1.82) is 0 Å². The lowest BCUT2D eigenvalue weighted by atomic mass is 9.97. The molecule has 0 fully saturated rings. The molecule has 2 rings (SSSR count). The normalized spacial score (nSPS) is 12.3. The van der Waals surface area contributed by atoms with Crippen LogP contribution in [-0.4, -0.2) is 7.11 Å². The van der Waals surface area contributed by atoms with Gasteiger partial charge in [-0.25, -0.2) is 13.2 Å². The molecule has 20 heavy (non-hydrogen) atoms. The Bertz CT molecular complexity index is 625. The summed E-state index contributed by atoms with van der Waals surface area (Å²) >= 11 is 5.81. The maximum absolute atomic E-state index is 13.7. The second-order valence-electron chi connectivity index (χ2n) is 4.15. The van der Waals surface area contributed by atoms with Crippen molar-refractivity contribution >= 4 is 11.6 Å². The zero-order chi connectivity index (χ0) is 14.9. The van der Waals surface area contributed by atoms with Gasteiger partial charge in [-0.05, 0) is 12.1 Å². The van der Waals surface area contributed by atoms with Gasteiger partial charge in [0.1, 0.15) is 23.2 Å². The van der Waals surface area contributed by atoms with E-state index in [0.717, 1.165) is 0 Å². The van der Waals surface area contributed by atoms with Gasteiger partial charge in [-0.2, -0.15) is 0 Å². The van der Waals surface area contributed by atoms with Gasteiger partial charge in [0.2, 0.25) is 0 Å². The monoisotopic (exact) mass is 301 g/mol. The Balaban J connectivity index is 2.54. The smallest absolute Gasteiger partial charge is 0.134 e. The van der Waals surface area contributed by atoms with Crippen molar-refractivity contribution in [3.05, 3.63) is 63.9 Å². The minimum Gasteiger partial charge on any atom is -0.496 e. The van der Waals surface area contributed by atoms with Crippen molar-refractivity contribution in [2.24, 2.45) is 5.73 Å². The van der Waals surface area contributed by atoms with Gasteiger partial charge in [0, 0.05) is 28.3 Å². The molecule has 1 atom stereocenters. The number of benzene rings is 2. The van der Waals surface area contributed by atoms with E-state index in [1.807, 2.05) is 0 Å². The van der Waals surface area contributed by atoms with Crippen molar-refractivity contribution < 1.29 is 17.9 Å². The summed E-state index contributed by atoms with van der Waals surface area (Å²) in [7, 11) is 1.39. The van der Waals surface area contributed by atoms with Crippen LogP contribution in [0.15, 0.2) is 30.3 Å². The number of nitrogens with two attached hydrogens (primary N) is 1. The van der Waals surface area contributed by atoms with Crippen molar-refractivity contribution in [1.82, 2.24) is 0 Å². The Morgan fingerprint density at radius 2 is 1.70 bits per heavy atom. The van der Waals surface area contributed by atoms with Crippen molar-refractivity contribution in [3.8, 4) is 5.75 Å². The van der Waals surface area contributed by atoms with E-state index in [0.29, 0.717) is 28.5 Å². The highest BCUT2D eigenvalue weighted by Crippen LogP contribution is 2.33. The molecule has 0 bridgehead atoms. The minimum absolute atomic E-state index is 0.299. The number of rotatable bonds is 3. The first kappa shape index (κ1) is 14.7. The summed E-state index contributed by atoms with van der Waals surface area (Å²) in [6.07, 6.45) is 0. The highest BCUT2D eigenvalue weighted by Gasteiger charge is 2.22. The standard InChI is InChI=1S/C14H11ClF3NO/c1-20-12-4-7(15)2-3-9(12)14(19)13-10(17)5-8(16)6-11(13)18/h2-6,14H,19H2,1H3. The highest BCUT2D eigenvalue weighted by molar-refractivity contribution is 6.30. The largest absolute Gasteiger partial charge is 0.496 e. The molecule has 106 valence electrons. The van der Waals surface area contributed by atoms with E-state index in [1.165, 1.54) is 25.3 Å². The van der Waals surface area contributed by atoms with E-state index in [-0.39, 0.29) is 0 Å². The number of halogens is 4. The molecule has 0 aliphatic carbocycles. The lowest BCUT2D eigenvalue weighted by Gasteiger charge is -2.17. The molecular formula is C14H11ClF3NO. The Kier molecular flexibility index (Phi) is 4.20. The summed E-state index contributed by atoms with van der Waals surface area (Å²) in [4.78, 5) is 0. The molecular weight excluding hydrogens is 291 g/mol. The highest BCUT2D eigenvalue weighted by atomic mass is 35.5. The zero-order valence-corrected chi connectivity index (χ0v) is 11.2. The van der Waals surface area contributed by atoms with Crippen LogP contribution >= 0.6 is 11.6 Å². The van der Waals surface area contributed by atoms with Gasteiger partial charge in [-0.15, -0.1) is 0 Å². The van der Waals surface area contributed by atoms with Crippen molar-refractivity contribution in [3.63, 3.8) is 0 Å². The molecule has 0 aliphatic heterocycles. The Hall–Kier alpha value is -1.72. The van der Waals surface area contributed by atoms with Gasteiger partial charge >= 0.3 is 0 Å². The van der Waals surface area contributed by atoms with Crippen LogP contribution < -0.4 is 10.5 Å². The topological polar surface area (TPSA) is 35.2 Å². The maximum atomic E-state index is 13.7. The van der Waals surface area contributed by atoms with Crippen LogP contribution in [0.3, 0.4) is 0 Å². The molecule has 0 amide bonds. The van der Waals surface area contributed by atoms with Gasteiger partial charge in [-0.3, -0.25) is 0 Å². The Labute approximate surface area is 118 Å². The Morgan fingerprint density at radius 3 is 2.25 bits per heavy atom. The predicted molar refractivity (Wildman–Crippen MR) is 70.4 cm³/mol. The summed E-state index contributed by atoms with van der Waals surface area (Å²) in [5.41, 5.74) is 5.79. The molecule has 0 spiro atoms. The fraction of sp³-hybridized carbons (Fsp3) is 0.143. The summed E-state index contributed by atoms with van der Waals surface area (Å²) in [5.74, 6) is -2.80. The van der Waals surface area contributed by atoms with Crippen molar-refractivity contribution in [2.75, 3.05) is 7.11 Å². The number of methoxy groups -OCH3 is 1. The van der Waals surface area contributed by atoms with Crippen molar-refractivity contribution in [2.45, 2.75) is 6.04 Å². The SMILES string of the molecule is COc1cc(Cl)ccc1C(N)c1c(F)cc(F)cc1F. The van der Waals surface area contributed by atoms with Crippen LogP contribution in [0, 0.1) is 17.5 Å². The second kappa shape index (κ2) is 5.73. The maximum Gasteiger partial charge on any atom is 0.134 e. The zero-order valence-electron chi connectivity index (χ0n) is 10.5. The molecule has 2 aromatic rings. The first-order valence-electron chi connectivity index (χ1n) is 5.67. The Morgan fingerprint density at radius 1 is 1.10 bits per heavy atom. The molecule has 0 saturated carbocycles. The van der Waals surface area contributed by atoms with E-state index in [4.69, 9.17) is 22.1 Å². The number of ether oxygens (including phenoxy) is 1. The van der Waals surface area contributed by atoms with Gasteiger partial charge in [0.25, 0.3) is 0 Å². The van der Waals surface area contributed by atoms with Gasteiger partial charge in [0.05, 0.1) is 13.2 Å².